The van der Waals surface area contributed by atoms with Crippen molar-refractivity contribution in [2.24, 2.45) is 0 Å². The lowest BCUT2D eigenvalue weighted by Gasteiger charge is -2.12. The summed E-state index contributed by atoms with van der Waals surface area (Å²) < 4.78 is 7.40. The predicted molar refractivity (Wildman–Crippen MR) is 82.4 cm³/mol. The summed E-state index contributed by atoms with van der Waals surface area (Å²) in [5.74, 6) is 2.37. The Labute approximate surface area is 117 Å². The third kappa shape index (κ3) is 2.36. The summed E-state index contributed by atoms with van der Waals surface area (Å²) in [6.45, 7) is 4.38. The molecule has 0 fully saturated rings. The van der Waals surface area contributed by atoms with E-state index in [1.807, 2.05) is 12.1 Å². The van der Waals surface area contributed by atoms with Gasteiger partial charge in [-0.2, -0.15) is 0 Å². The number of rotatable bonds is 3. The van der Waals surface area contributed by atoms with Gasteiger partial charge in [0.25, 0.3) is 0 Å². The summed E-state index contributed by atoms with van der Waals surface area (Å²) in [5.41, 5.74) is 1.25. The molecule has 19 heavy (non-hydrogen) atoms. The normalized spacial score (nSPS) is 11.1. The van der Waals surface area contributed by atoms with E-state index in [0.717, 1.165) is 11.5 Å². The fourth-order valence-corrected chi connectivity index (χ4v) is 3.06. The van der Waals surface area contributed by atoms with E-state index in [-0.39, 0.29) is 0 Å². The van der Waals surface area contributed by atoms with Crippen LogP contribution < -0.4 is 4.74 Å². The van der Waals surface area contributed by atoms with Gasteiger partial charge in [0.1, 0.15) is 11.5 Å². The van der Waals surface area contributed by atoms with Crippen molar-refractivity contribution in [3.8, 4) is 11.5 Å². The summed E-state index contributed by atoms with van der Waals surface area (Å²) in [4.78, 5) is 0. The molecule has 1 heterocycles. The van der Waals surface area contributed by atoms with Gasteiger partial charge in [0.2, 0.25) is 0 Å². The topological polar surface area (TPSA) is 9.23 Å². The van der Waals surface area contributed by atoms with Gasteiger partial charge in [-0.05, 0) is 29.7 Å². The summed E-state index contributed by atoms with van der Waals surface area (Å²) in [6, 6.07) is 16.6. The number of benzene rings is 2. The van der Waals surface area contributed by atoms with Crippen molar-refractivity contribution in [3.05, 3.63) is 59.5 Å². The van der Waals surface area contributed by atoms with Crippen molar-refractivity contribution in [3.63, 3.8) is 0 Å². The van der Waals surface area contributed by atoms with Crippen LogP contribution in [-0.2, 0) is 0 Å². The molecule has 1 aromatic heterocycles. The van der Waals surface area contributed by atoms with Crippen molar-refractivity contribution in [2.45, 2.75) is 19.8 Å². The first kappa shape index (κ1) is 12.2. The zero-order valence-corrected chi connectivity index (χ0v) is 11.9. The largest absolute Gasteiger partial charge is 0.456 e. The molecule has 0 N–H and O–H groups in total. The quantitative estimate of drug-likeness (QED) is 0.581. The van der Waals surface area contributed by atoms with Crippen LogP contribution in [0.1, 0.15) is 25.3 Å². The zero-order chi connectivity index (χ0) is 13.2. The maximum atomic E-state index is 6.13. The van der Waals surface area contributed by atoms with E-state index in [1.165, 1.54) is 15.6 Å². The Hall–Kier alpha value is -1.80. The van der Waals surface area contributed by atoms with Gasteiger partial charge in [-0.3, -0.25) is 0 Å². The van der Waals surface area contributed by atoms with Crippen LogP contribution in [0.25, 0.3) is 10.1 Å². The lowest BCUT2D eigenvalue weighted by molar-refractivity contribution is 0.480. The minimum atomic E-state index is 0.459. The summed E-state index contributed by atoms with van der Waals surface area (Å²) in [5, 5.41) is 3.27. The molecule has 96 valence electrons. The van der Waals surface area contributed by atoms with Crippen LogP contribution in [0.2, 0.25) is 0 Å². The van der Waals surface area contributed by atoms with E-state index < -0.39 is 0 Å². The molecule has 0 aliphatic rings. The van der Waals surface area contributed by atoms with Crippen LogP contribution in [0.4, 0.5) is 0 Å². The van der Waals surface area contributed by atoms with E-state index in [1.54, 1.807) is 11.3 Å². The van der Waals surface area contributed by atoms with Gasteiger partial charge in [0, 0.05) is 15.5 Å². The van der Waals surface area contributed by atoms with E-state index >= 15 is 0 Å². The number of hydrogen-bond acceptors (Lipinski definition) is 2. The number of para-hydroxylation sites is 1. The number of thiophene rings is 1. The molecule has 1 nitrogen and oxygen atoms in total. The minimum absolute atomic E-state index is 0.459. The van der Waals surface area contributed by atoms with Crippen LogP contribution in [-0.4, -0.2) is 0 Å². The molecule has 0 aliphatic carbocycles. The van der Waals surface area contributed by atoms with Crippen LogP contribution >= 0.6 is 11.3 Å². The van der Waals surface area contributed by atoms with Crippen molar-refractivity contribution in [1.29, 1.82) is 0 Å². The minimum Gasteiger partial charge on any atom is -0.456 e. The summed E-state index contributed by atoms with van der Waals surface area (Å²) in [7, 11) is 0. The van der Waals surface area contributed by atoms with Gasteiger partial charge in [0.15, 0.2) is 0 Å². The smallest absolute Gasteiger partial charge is 0.145 e. The Balaban J connectivity index is 2.02. The standard InChI is InChI=1S/C17H16OS/c1-12(2)13-7-3-5-9-15(13)18-16-11-19-17-10-6-4-8-14(16)17/h3-12H,1-2H3. The number of hydrogen-bond donors (Lipinski definition) is 0. The second-order valence-corrected chi connectivity index (χ2v) is 5.80. The number of fused-ring (bicyclic) bond motifs is 1. The van der Waals surface area contributed by atoms with E-state index in [0.29, 0.717) is 5.92 Å². The van der Waals surface area contributed by atoms with E-state index in [2.05, 4.69) is 55.6 Å². The molecule has 3 aromatic rings. The zero-order valence-electron chi connectivity index (χ0n) is 11.1. The first-order valence-electron chi connectivity index (χ1n) is 6.48. The molecule has 2 aromatic carbocycles. The molecule has 2 heteroatoms. The SMILES string of the molecule is CC(C)c1ccccc1Oc1csc2ccccc12. The molecular weight excluding hydrogens is 252 g/mol. The Morgan fingerprint density at radius 3 is 2.47 bits per heavy atom. The van der Waals surface area contributed by atoms with E-state index in [4.69, 9.17) is 4.74 Å². The highest BCUT2D eigenvalue weighted by Gasteiger charge is 2.10. The average molecular weight is 268 g/mol. The van der Waals surface area contributed by atoms with Crippen LogP contribution in [0, 0.1) is 0 Å². The van der Waals surface area contributed by atoms with Gasteiger partial charge in [-0.15, -0.1) is 11.3 Å². The fourth-order valence-electron chi connectivity index (χ4n) is 2.20. The molecule has 0 spiro atoms. The van der Waals surface area contributed by atoms with Crippen LogP contribution in [0.3, 0.4) is 0 Å². The van der Waals surface area contributed by atoms with Gasteiger partial charge < -0.3 is 4.74 Å². The molecule has 3 rings (SSSR count). The van der Waals surface area contributed by atoms with Crippen LogP contribution in [0.15, 0.2) is 53.9 Å². The molecule has 0 saturated heterocycles. The van der Waals surface area contributed by atoms with Crippen LogP contribution in [0.5, 0.6) is 11.5 Å². The molecule has 0 radical (unpaired) electrons. The molecular formula is C17H16OS. The van der Waals surface area contributed by atoms with Crippen molar-refractivity contribution in [1.82, 2.24) is 0 Å². The van der Waals surface area contributed by atoms with Crippen molar-refractivity contribution < 1.29 is 4.74 Å². The molecule has 0 atom stereocenters. The Morgan fingerprint density at radius 1 is 0.895 bits per heavy atom. The molecule has 0 saturated carbocycles. The van der Waals surface area contributed by atoms with Gasteiger partial charge in [0.05, 0.1) is 0 Å². The van der Waals surface area contributed by atoms with Gasteiger partial charge in [-0.25, -0.2) is 0 Å². The summed E-state index contributed by atoms with van der Waals surface area (Å²) in [6.07, 6.45) is 0. The Kier molecular flexibility index (Phi) is 3.26. The third-order valence-corrected chi connectivity index (χ3v) is 4.15. The lowest BCUT2D eigenvalue weighted by Crippen LogP contribution is -1.92. The molecule has 0 aliphatic heterocycles. The molecule has 0 amide bonds. The maximum absolute atomic E-state index is 6.13. The highest BCUT2D eigenvalue weighted by Crippen LogP contribution is 2.37. The van der Waals surface area contributed by atoms with Gasteiger partial charge >= 0.3 is 0 Å². The Morgan fingerprint density at radius 2 is 1.63 bits per heavy atom. The molecule has 0 unspecified atom stereocenters. The van der Waals surface area contributed by atoms with E-state index in [9.17, 15) is 0 Å². The van der Waals surface area contributed by atoms with Crippen molar-refractivity contribution >= 4 is 21.4 Å². The first-order valence-corrected chi connectivity index (χ1v) is 7.36. The first-order chi connectivity index (χ1) is 9.25. The maximum Gasteiger partial charge on any atom is 0.145 e. The third-order valence-electron chi connectivity index (χ3n) is 3.21. The molecule has 0 bridgehead atoms. The summed E-state index contributed by atoms with van der Waals surface area (Å²) >= 11 is 1.72. The second kappa shape index (κ2) is 5.06. The Bertz CT molecular complexity index is 697. The van der Waals surface area contributed by atoms with Gasteiger partial charge in [-0.1, -0.05) is 44.2 Å². The van der Waals surface area contributed by atoms with Crippen molar-refractivity contribution in [2.75, 3.05) is 0 Å². The second-order valence-electron chi connectivity index (χ2n) is 4.89. The average Bonchev–Trinajstić information content (AvgIpc) is 2.83. The highest BCUT2D eigenvalue weighted by molar-refractivity contribution is 7.17. The fraction of sp³-hybridized carbons (Fsp3) is 0.176. The lowest BCUT2D eigenvalue weighted by atomic mass is 10.0. The monoisotopic (exact) mass is 268 g/mol. The predicted octanol–water partition coefficient (Wildman–Crippen LogP) is 5.82. The highest BCUT2D eigenvalue weighted by atomic mass is 32.1. The number of ether oxygens (including phenoxy) is 1.